The van der Waals surface area contributed by atoms with E-state index in [9.17, 15) is 4.79 Å². The van der Waals surface area contributed by atoms with Gasteiger partial charge < -0.3 is 15.2 Å². The predicted octanol–water partition coefficient (Wildman–Crippen LogP) is 0.871. The van der Waals surface area contributed by atoms with Gasteiger partial charge >= 0.3 is 0 Å². The normalized spacial score (nSPS) is 11.9. The molecule has 0 aliphatic carbocycles. The molecule has 0 aromatic heterocycles. The summed E-state index contributed by atoms with van der Waals surface area (Å²) >= 11 is 0. The molecule has 4 nitrogen and oxygen atoms in total. The lowest BCUT2D eigenvalue weighted by Crippen LogP contribution is -2.35. The van der Waals surface area contributed by atoms with Crippen molar-refractivity contribution in [2.45, 2.75) is 20.0 Å². The van der Waals surface area contributed by atoms with E-state index in [1.54, 1.807) is 0 Å². The van der Waals surface area contributed by atoms with Crippen LogP contribution in [-0.2, 0) is 4.79 Å². The zero-order chi connectivity index (χ0) is 12.0. The molecule has 0 aliphatic heterocycles. The number of aliphatic hydroxyl groups is 1. The summed E-state index contributed by atoms with van der Waals surface area (Å²) in [5.41, 5.74) is 1.17. The fourth-order valence-corrected chi connectivity index (χ4v) is 1.20. The fraction of sp³-hybridized carbons (Fsp3) is 0.417. The van der Waals surface area contributed by atoms with Crippen LogP contribution in [0.3, 0.4) is 0 Å². The number of ether oxygens (including phenoxy) is 1. The topological polar surface area (TPSA) is 58.6 Å². The van der Waals surface area contributed by atoms with Crippen molar-refractivity contribution in [2.75, 3.05) is 13.2 Å². The summed E-state index contributed by atoms with van der Waals surface area (Å²) in [6, 6.07) is 7.71. The van der Waals surface area contributed by atoms with Gasteiger partial charge in [-0.25, -0.2) is 0 Å². The average molecular weight is 223 g/mol. The predicted molar refractivity (Wildman–Crippen MR) is 61.4 cm³/mol. The van der Waals surface area contributed by atoms with Gasteiger partial charge in [-0.15, -0.1) is 0 Å². The van der Waals surface area contributed by atoms with Crippen LogP contribution in [-0.4, -0.2) is 30.3 Å². The Morgan fingerprint density at radius 3 is 2.62 bits per heavy atom. The van der Waals surface area contributed by atoms with E-state index in [2.05, 4.69) is 5.32 Å². The Morgan fingerprint density at radius 2 is 2.06 bits per heavy atom. The molecule has 0 radical (unpaired) electrons. The number of aryl methyl sites for hydroxylation is 1. The summed E-state index contributed by atoms with van der Waals surface area (Å²) in [5, 5.41) is 11.1. The van der Waals surface area contributed by atoms with Crippen LogP contribution in [0.15, 0.2) is 24.3 Å². The third kappa shape index (κ3) is 4.31. The van der Waals surface area contributed by atoms with Gasteiger partial charge in [0.2, 0.25) is 5.91 Å². The molecule has 0 bridgehead atoms. The number of hydrogen-bond donors (Lipinski definition) is 2. The summed E-state index contributed by atoms with van der Waals surface area (Å²) in [6.07, 6.45) is -0.127. The van der Waals surface area contributed by atoms with Crippen LogP contribution in [0.5, 0.6) is 5.75 Å². The number of aliphatic hydroxyl groups excluding tert-OH is 1. The van der Waals surface area contributed by atoms with Crippen LogP contribution < -0.4 is 10.1 Å². The van der Waals surface area contributed by atoms with Crippen molar-refractivity contribution < 1.29 is 14.6 Å². The Morgan fingerprint density at radius 1 is 1.44 bits per heavy atom. The monoisotopic (exact) mass is 223 g/mol. The first-order valence-electron chi connectivity index (χ1n) is 5.22. The molecule has 1 amide bonds. The Labute approximate surface area is 95.2 Å². The molecule has 2 N–H and O–H groups in total. The second kappa shape index (κ2) is 6.12. The quantitative estimate of drug-likeness (QED) is 0.778. The molecule has 88 valence electrons. The number of rotatable bonds is 5. The van der Waals surface area contributed by atoms with E-state index in [-0.39, 0.29) is 12.0 Å². The molecule has 1 aromatic rings. The van der Waals surface area contributed by atoms with E-state index in [1.807, 2.05) is 38.1 Å². The van der Waals surface area contributed by atoms with Gasteiger partial charge in [-0.05, 0) is 26.0 Å². The summed E-state index contributed by atoms with van der Waals surface area (Å²) < 4.78 is 5.57. The van der Waals surface area contributed by atoms with Crippen LogP contribution >= 0.6 is 0 Å². The molecule has 0 aliphatic rings. The maximum Gasteiger partial charge on any atom is 0.245 e. The van der Waals surface area contributed by atoms with E-state index >= 15 is 0 Å². The fourth-order valence-electron chi connectivity index (χ4n) is 1.20. The Bertz CT molecular complexity index is 335. The number of hydrogen-bond acceptors (Lipinski definition) is 3. The van der Waals surface area contributed by atoms with Crippen molar-refractivity contribution in [2.24, 2.45) is 0 Å². The van der Waals surface area contributed by atoms with E-state index in [1.165, 1.54) is 5.56 Å². The van der Waals surface area contributed by atoms with Crippen LogP contribution in [0.25, 0.3) is 0 Å². The first kappa shape index (κ1) is 12.5. The molecule has 0 fully saturated rings. The number of carbonyl (C=O) groups excluding carboxylic acids is 1. The molecular weight excluding hydrogens is 206 g/mol. The van der Waals surface area contributed by atoms with Crippen molar-refractivity contribution in [1.29, 1.82) is 0 Å². The minimum absolute atomic E-state index is 0.127. The van der Waals surface area contributed by atoms with Gasteiger partial charge in [-0.2, -0.15) is 0 Å². The van der Waals surface area contributed by atoms with Crippen molar-refractivity contribution in [3.8, 4) is 5.75 Å². The van der Waals surface area contributed by atoms with E-state index < -0.39 is 6.61 Å². The van der Waals surface area contributed by atoms with Crippen molar-refractivity contribution in [3.05, 3.63) is 29.8 Å². The summed E-state index contributed by atoms with van der Waals surface area (Å²) in [7, 11) is 0. The van der Waals surface area contributed by atoms with Crippen LogP contribution in [0.2, 0.25) is 0 Å². The van der Waals surface area contributed by atoms with Crippen molar-refractivity contribution in [1.82, 2.24) is 5.32 Å². The largest absolute Gasteiger partial charge is 0.489 e. The molecule has 16 heavy (non-hydrogen) atoms. The third-order valence-corrected chi connectivity index (χ3v) is 2.09. The van der Waals surface area contributed by atoms with Gasteiger partial charge in [0.1, 0.15) is 18.5 Å². The molecule has 0 heterocycles. The highest BCUT2D eigenvalue weighted by molar-refractivity contribution is 5.76. The lowest BCUT2D eigenvalue weighted by atomic mass is 10.2. The Hall–Kier alpha value is -1.55. The first-order valence-corrected chi connectivity index (χ1v) is 5.22. The van der Waals surface area contributed by atoms with Crippen molar-refractivity contribution >= 4 is 5.91 Å². The number of amides is 1. The second-order valence-electron chi connectivity index (χ2n) is 3.70. The molecule has 1 rings (SSSR count). The maximum atomic E-state index is 10.8. The summed E-state index contributed by atoms with van der Waals surface area (Å²) in [6.45, 7) is 3.76. The van der Waals surface area contributed by atoms with Gasteiger partial charge in [-0.1, -0.05) is 17.7 Å². The highest BCUT2D eigenvalue weighted by atomic mass is 16.5. The Balaban J connectivity index is 2.36. The zero-order valence-electron chi connectivity index (χ0n) is 9.56. The maximum absolute atomic E-state index is 10.8. The highest BCUT2D eigenvalue weighted by Crippen LogP contribution is 2.12. The molecule has 1 aromatic carbocycles. The zero-order valence-corrected chi connectivity index (χ0v) is 9.56. The SMILES string of the molecule is Cc1ccc(OC(C)CNC(=O)CO)cc1. The molecular formula is C12H17NO3. The second-order valence-corrected chi connectivity index (χ2v) is 3.70. The number of nitrogens with one attached hydrogen (secondary N) is 1. The standard InChI is InChI=1S/C12H17NO3/c1-9-3-5-11(6-4-9)16-10(2)7-13-12(15)8-14/h3-6,10,14H,7-8H2,1-2H3,(H,13,15). The minimum atomic E-state index is -0.489. The number of benzene rings is 1. The van der Waals surface area contributed by atoms with Gasteiger partial charge in [-0.3, -0.25) is 4.79 Å². The molecule has 0 saturated carbocycles. The van der Waals surface area contributed by atoms with Crippen LogP contribution in [0.1, 0.15) is 12.5 Å². The van der Waals surface area contributed by atoms with Gasteiger partial charge in [0.05, 0.1) is 6.54 Å². The molecule has 1 unspecified atom stereocenters. The number of carbonyl (C=O) groups is 1. The van der Waals surface area contributed by atoms with E-state index in [4.69, 9.17) is 9.84 Å². The molecule has 0 spiro atoms. The Kier molecular flexibility index (Phi) is 4.79. The molecule has 0 saturated heterocycles. The summed E-state index contributed by atoms with van der Waals surface area (Å²) in [5.74, 6) is 0.385. The first-order chi connectivity index (χ1) is 7.61. The van der Waals surface area contributed by atoms with Crippen molar-refractivity contribution in [3.63, 3.8) is 0 Å². The van der Waals surface area contributed by atoms with Gasteiger partial charge in [0, 0.05) is 0 Å². The smallest absolute Gasteiger partial charge is 0.245 e. The molecule has 1 atom stereocenters. The lowest BCUT2D eigenvalue weighted by molar-refractivity contribution is -0.124. The lowest BCUT2D eigenvalue weighted by Gasteiger charge is -2.15. The van der Waals surface area contributed by atoms with Gasteiger partial charge in [0.15, 0.2) is 0 Å². The van der Waals surface area contributed by atoms with Crippen LogP contribution in [0, 0.1) is 6.92 Å². The highest BCUT2D eigenvalue weighted by Gasteiger charge is 2.05. The van der Waals surface area contributed by atoms with Crippen LogP contribution in [0.4, 0.5) is 0 Å². The van der Waals surface area contributed by atoms with Gasteiger partial charge in [0.25, 0.3) is 0 Å². The third-order valence-electron chi connectivity index (χ3n) is 2.09. The van der Waals surface area contributed by atoms with E-state index in [0.29, 0.717) is 6.54 Å². The molecule has 4 heteroatoms. The average Bonchev–Trinajstić information content (AvgIpc) is 2.29. The van der Waals surface area contributed by atoms with E-state index in [0.717, 1.165) is 5.75 Å². The minimum Gasteiger partial charge on any atom is -0.489 e. The summed E-state index contributed by atoms with van der Waals surface area (Å²) in [4.78, 5) is 10.8.